The monoisotopic (exact) mass is 339 g/mol. The number of nitrogens with one attached hydrogen (secondary N) is 1. The van der Waals surface area contributed by atoms with Crippen LogP contribution in [0.1, 0.15) is 129 Å². The van der Waals surface area contributed by atoms with Gasteiger partial charge in [-0.05, 0) is 12.8 Å². The number of carbonyl (C=O) groups is 1. The second kappa shape index (κ2) is 20.5. The Kier molecular flexibility index (Phi) is 20.1. The first kappa shape index (κ1) is 23.5. The zero-order valence-corrected chi connectivity index (χ0v) is 16.8. The SMILES string of the molecule is CCCCCCCCCCCNC(=O)CCCCCCCCCC. The summed E-state index contributed by atoms with van der Waals surface area (Å²) in [5.41, 5.74) is 0. The quantitative estimate of drug-likeness (QED) is 0.248. The maximum atomic E-state index is 11.7. The van der Waals surface area contributed by atoms with Crippen molar-refractivity contribution >= 4 is 5.91 Å². The van der Waals surface area contributed by atoms with E-state index in [2.05, 4.69) is 19.2 Å². The lowest BCUT2D eigenvalue weighted by molar-refractivity contribution is -0.121. The normalized spacial score (nSPS) is 10.9. The highest BCUT2D eigenvalue weighted by molar-refractivity contribution is 5.75. The molecule has 0 radical (unpaired) electrons. The van der Waals surface area contributed by atoms with E-state index in [1.807, 2.05) is 0 Å². The van der Waals surface area contributed by atoms with E-state index in [4.69, 9.17) is 0 Å². The topological polar surface area (TPSA) is 29.1 Å². The first-order chi connectivity index (χ1) is 11.8. The zero-order chi connectivity index (χ0) is 17.7. The van der Waals surface area contributed by atoms with Crippen LogP contribution in [0.15, 0.2) is 0 Å². The number of carbonyl (C=O) groups excluding carboxylic acids is 1. The molecule has 0 aromatic rings. The lowest BCUT2D eigenvalue weighted by atomic mass is 10.1. The van der Waals surface area contributed by atoms with Gasteiger partial charge < -0.3 is 5.32 Å². The molecule has 0 aromatic heterocycles. The molecule has 1 amide bonds. The number of rotatable bonds is 19. The summed E-state index contributed by atoms with van der Waals surface area (Å²) in [7, 11) is 0. The molecular formula is C22H45NO. The van der Waals surface area contributed by atoms with Crippen LogP contribution >= 0.6 is 0 Å². The standard InChI is InChI=1S/C22H45NO/c1-3-5-7-9-11-13-15-17-19-21-23-22(24)20-18-16-14-12-10-8-6-4-2/h3-21H2,1-2H3,(H,23,24). The highest BCUT2D eigenvalue weighted by atomic mass is 16.1. The van der Waals surface area contributed by atoms with Crippen molar-refractivity contribution < 1.29 is 4.79 Å². The van der Waals surface area contributed by atoms with Crippen molar-refractivity contribution in [3.8, 4) is 0 Å². The molecule has 1 N–H and O–H groups in total. The summed E-state index contributed by atoms with van der Waals surface area (Å²) in [6.45, 7) is 5.40. The molecule has 0 fully saturated rings. The molecule has 0 saturated heterocycles. The summed E-state index contributed by atoms with van der Waals surface area (Å²) in [6.07, 6.45) is 23.2. The van der Waals surface area contributed by atoms with Gasteiger partial charge in [-0.25, -0.2) is 0 Å². The van der Waals surface area contributed by atoms with E-state index < -0.39 is 0 Å². The molecule has 0 rings (SSSR count). The van der Waals surface area contributed by atoms with Crippen LogP contribution in [0.3, 0.4) is 0 Å². The molecule has 0 heterocycles. The van der Waals surface area contributed by atoms with Crippen molar-refractivity contribution in [1.29, 1.82) is 0 Å². The Morgan fingerprint density at radius 3 is 1.38 bits per heavy atom. The molecule has 0 atom stereocenters. The summed E-state index contributed by atoms with van der Waals surface area (Å²) in [6, 6.07) is 0. The van der Waals surface area contributed by atoms with Gasteiger partial charge in [-0.3, -0.25) is 4.79 Å². The van der Waals surface area contributed by atoms with Crippen LogP contribution < -0.4 is 5.32 Å². The summed E-state index contributed by atoms with van der Waals surface area (Å²) in [5, 5.41) is 3.08. The fraction of sp³-hybridized carbons (Fsp3) is 0.955. The first-order valence-corrected chi connectivity index (χ1v) is 11.1. The van der Waals surface area contributed by atoms with E-state index in [-0.39, 0.29) is 5.91 Å². The molecule has 0 aromatic carbocycles. The third-order valence-corrected chi connectivity index (χ3v) is 4.86. The molecule has 0 unspecified atom stereocenters. The van der Waals surface area contributed by atoms with Crippen molar-refractivity contribution in [1.82, 2.24) is 5.32 Å². The molecular weight excluding hydrogens is 294 g/mol. The minimum atomic E-state index is 0.264. The Labute approximate surface area is 152 Å². The molecule has 24 heavy (non-hydrogen) atoms. The third-order valence-electron chi connectivity index (χ3n) is 4.86. The van der Waals surface area contributed by atoms with Crippen molar-refractivity contribution in [2.45, 2.75) is 129 Å². The maximum absolute atomic E-state index is 11.7. The number of amides is 1. The van der Waals surface area contributed by atoms with Gasteiger partial charge in [0, 0.05) is 13.0 Å². The van der Waals surface area contributed by atoms with Crippen molar-refractivity contribution in [2.24, 2.45) is 0 Å². The molecule has 0 spiro atoms. The molecule has 0 aliphatic heterocycles. The van der Waals surface area contributed by atoms with E-state index in [0.29, 0.717) is 0 Å². The Morgan fingerprint density at radius 1 is 0.542 bits per heavy atom. The third kappa shape index (κ3) is 19.5. The Bertz CT molecular complexity index is 252. The van der Waals surface area contributed by atoms with Gasteiger partial charge in [0.1, 0.15) is 0 Å². The smallest absolute Gasteiger partial charge is 0.219 e. The van der Waals surface area contributed by atoms with E-state index >= 15 is 0 Å². The van der Waals surface area contributed by atoms with Gasteiger partial charge in [0.15, 0.2) is 0 Å². The van der Waals surface area contributed by atoms with Gasteiger partial charge in [-0.2, -0.15) is 0 Å². The molecule has 0 saturated carbocycles. The molecule has 0 aliphatic carbocycles. The lowest BCUT2D eigenvalue weighted by Crippen LogP contribution is -2.23. The van der Waals surface area contributed by atoms with Crippen LogP contribution in [0.4, 0.5) is 0 Å². The molecule has 0 bridgehead atoms. The maximum Gasteiger partial charge on any atom is 0.219 e. The lowest BCUT2D eigenvalue weighted by Gasteiger charge is -2.06. The highest BCUT2D eigenvalue weighted by Gasteiger charge is 2.00. The van der Waals surface area contributed by atoms with Crippen LogP contribution in [0.2, 0.25) is 0 Å². The van der Waals surface area contributed by atoms with Crippen molar-refractivity contribution in [3.05, 3.63) is 0 Å². The molecule has 0 aliphatic rings. The minimum Gasteiger partial charge on any atom is -0.356 e. The first-order valence-electron chi connectivity index (χ1n) is 11.1. The van der Waals surface area contributed by atoms with Crippen LogP contribution in [-0.4, -0.2) is 12.5 Å². The van der Waals surface area contributed by atoms with E-state index in [1.165, 1.54) is 96.3 Å². The average Bonchev–Trinajstić information content (AvgIpc) is 2.59. The van der Waals surface area contributed by atoms with E-state index in [0.717, 1.165) is 25.8 Å². The van der Waals surface area contributed by atoms with Gasteiger partial charge in [0.25, 0.3) is 0 Å². The fourth-order valence-corrected chi connectivity index (χ4v) is 3.17. The second-order valence-electron chi connectivity index (χ2n) is 7.40. The van der Waals surface area contributed by atoms with Gasteiger partial charge >= 0.3 is 0 Å². The molecule has 2 nitrogen and oxygen atoms in total. The largest absolute Gasteiger partial charge is 0.356 e. The Hall–Kier alpha value is -0.530. The van der Waals surface area contributed by atoms with Crippen LogP contribution in [0.25, 0.3) is 0 Å². The van der Waals surface area contributed by atoms with Crippen molar-refractivity contribution in [3.63, 3.8) is 0 Å². The number of hydrogen-bond acceptors (Lipinski definition) is 1. The van der Waals surface area contributed by atoms with Gasteiger partial charge in [-0.1, -0.05) is 110 Å². The van der Waals surface area contributed by atoms with Crippen LogP contribution in [0.5, 0.6) is 0 Å². The van der Waals surface area contributed by atoms with Crippen LogP contribution in [-0.2, 0) is 4.79 Å². The summed E-state index contributed by atoms with van der Waals surface area (Å²) in [4.78, 5) is 11.7. The predicted octanol–water partition coefficient (Wildman–Crippen LogP) is 7.16. The number of hydrogen-bond donors (Lipinski definition) is 1. The van der Waals surface area contributed by atoms with E-state index in [1.54, 1.807) is 0 Å². The van der Waals surface area contributed by atoms with Crippen LogP contribution in [0, 0.1) is 0 Å². The minimum absolute atomic E-state index is 0.264. The molecule has 144 valence electrons. The van der Waals surface area contributed by atoms with Crippen molar-refractivity contribution in [2.75, 3.05) is 6.54 Å². The predicted molar refractivity (Wildman–Crippen MR) is 107 cm³/mol. The van der Waals surface area contributed by atoms with Gasteiger partial charge in [0.05, 0.1) is 0 Å². The summed E-state index contributed by atoms with van der Waals surface area (Å²) < 4.78 is 0. The average molecular weight is 340 g/mol. The number of unbranched alkanes of at least 4 members (excludes halogenated alkanes) is 15. The van der Waals surface area contributed by atoms with Gasteiger partial charge in [0.2, 0.25) is 5.91 Å². The van der Waals surface area contributed by atoms with E-state index in [9.17, 15) is 4.79 Å². The molecule has 2 heteroatoms. The second-order valence-corrected chi connectivity index (χ2v) is 7.40. The zero-order valence-electron chi connectivity index (χ0n) is 16.8. The highest BCUT2D eigenvalue weighted by Crippen LogP contribution is 2.10. The Balaban J connectivity index is 3.13. The summed E-state index contributed by atoms with van der Waals surface area (Å²) >= 11 is 0. The van der Waals surface area contributed by atoms with Gasteiger partial charge in [-0.15, -0.1) is 0 Å². The fourth-order valence-electron chi connectivity index (χ4n) is 3.17. The Morgan fingerprint density at radius 2 is 0.917 bits per heavy atom. The summed E-state index contributed by atoms with van der Waals surface area (Å²) in [5.74, 6) is 0.264.